The van der Waals surface area contributed by atoms with Crippen LogP contribution in [0.3, 0.4) is 0 Å². The molecule has 1 heteroatoms. The molecule has 2 aromatic carbocycles. The molecule has 0 saturated heterocycles. The van der Waals surface area contributed by atoms with E-state index in [0.29, 0.717) is 5.56 Å². The summed E-state index contributed by atoms with van der Waals surface area (Å²) >= 11 is 0. The lowest BCUT2D eigenvalue weighted by atomic mass is 9.99. The lowest BCUT2D eigenvalue weighted by molar-refractivity contribution is 0.112. The van der Waals surface area contributed by atoms with Crippen molar-refractivity contribution in [2.24, 2.45) is 0 Å². The molecule has 0 heterocycles. The fourth-order valence-corrected chi connectivity index (χ4v) is 1.61. The Morgan fingerprint density at radius 2 is 1.69 bits per heavy atom. The molecule has 2 rings (SSSR count). The molecule has 76 valence electrons. The molecule has 0 N–H and O–H groups in total. The van der Waals surface area contributed by atoms with Gasteiger partial charge in [-0.05, 0) is 23.3 Å². The van der Waals surface area contributed by atoms with Crippen LogP contribution in [-0.4, -0.2) is 6.29 Å². The first-order chi connectivity index (χ1) is 7.85. The first-order valence-corrected chi connectivity index (χ1v) is 4.96. The molecule has 16 heavy (non-hydrogen) atoms. The van der Waals surface area contributed by atoms with Gasteiger partial charge in [0.15, 0.2) is 6.29 Å². The largest absolute Gasteiger partial charge is 0.298 e. The standard InChI is InChI=1S/C15H10O/c1-2-12-7-9-13(10-8-12)15-6-4-3-5-14(15)11-16/h1,3-11H. The SMILES string of the molecule is C#Cc1ccc(-c2ccccc2C=O)cc1. The summed E-state index contributed by atoms with van der Waals surface area (Å²) in [6.07, 6.45) is 6.15. The van der Waals surface area contributed by atoms with E-state index < -0.39 is 0 Å². The Hall–Kier alpha value is -2.33. The number of terminal acetylenes is 1. The minimum absolute atomic E-state index is 0.691. The zero-order valence-electron chi connectivity index (χ0n) is 8.68. The molecular formula is C15H10O. The molecule has 0 bridgehead atoms. The molecule has 0 aliphatic carbocycles. The monoisotopic (exact) mass is 206 g/mol. The maximum absolute atomic E-state index is 10.9. The van der Waals surface area contributed by atoms with Gasteiger partial charge >= 0.3 is 0 Å². The topological polar surface area (TPSA) is 17.1 Å². The third-order valence-electron chi connectivity index (χ3n) is 2.45. The molecule has 0 aliphatic rings. The summed E-state index contributed by atoms with van der Waals surface area (Å²) in [4.78, 5) is 10.9. The van der Waals surface area contributed by atoms with Gasteiger partial charge in [0.1, 0.15) is 0 Å². The third-order valence-corrected chi connectivity index (χ3v) is 2.45. The van der Waals surface area contributed by atoms with Crippen LogP contribution >= 0.6 is 0 Å². The maximum Gasteiger partial charge on any atom is 0.150 e. The minimum atomic E-state index is 0.691. The maximum atomic E-state index is 10.9. The third kappa shape index (κ3) is 1.87. The molecule has 0 fully saturated rings. The van der Waals surface area contributed by atoms with Gasteiger partial charge in [-0.1, -0.05) is 42.3 Å². The molecule has 0 radical (unpaired) electrons. The Kier molecular flexibility index (Phi) is 2.84. The predicted octanol–water partition coefficient (Wildman–Crippen LogP) is 3.15. The summed E-state index contributed by atoms with van der Waals surface area (Å²) < 4.78 is 0. The Morgan fingerprint density at radius 1 is 1.00 bits per heavy atom. The zero-order valence-corrected chi connectivity index (χ0v) is 8.68. The molecule has 0 saturated carbocycles. The first kappa shape index (κ1) is 10.2. The number of carbonyl (C=O) groups excluding carboxylic acids is 1. The van der Waals surface area contributed by atoms with E-state index in [2.05, 4.69) is 5.92 Å². The van der Waals surface area contributed by atoms with E-state index in [1.807, 2.05) is 42.5 Å². The van der Waals surface area contributed by atoms with Crippen molar-refractivity contribution in [2.75, 3.05) is 0 Å². The van der Waals surface area contributed by atoms with Crippen molar-refractivity contribution in [1.82, 2.24) is 0 Å². The highest BCUT2D eigenvalue weighted by Crippen LogP contribution is 2.22. The number of carbonyl (C=O) groups is 1. The number of hydrogen-bond acceptors (Lipinski definition) is 1. The first-order valence-electron chi connectivity index (χ1n) is 4.96. The highest BCUT2D eigenvalue weighted by atomic mass is 16.1. The Labute approximate surface area is 94.7 Å². The molecule has 2 aromatic rings. The molecule has 1 nitrogen and oxygen atoms in total. The summed E-state index contributed by atoms with van der Waals surface area (Å²) in [6.45, 7) is 0. The van der Waals surface area contributed by atoms with Gasteiger partial charge in [0.25, 0.3) is 0 Å². The van der Waals surface area contributed by atoms with Crippen molar-refractivity contribution < 1.29 is 4.79 Å². The summed E-state index contributed by atoms with van der Waals surface area (Å²) in [5, 5.41) is 0. The van der Waals surface area contributed by atoms with E-state index in [0.717, 1.165) is 23.0 Å². The Morgan fingerprint density at radius 3 is 2.31 bits per heavy atom. The summed E-state index contributed by atoms with van der Waals surface area (Å²) in [5.74, 6) is 2.56. The summed E-state index contributed by atoms with van der Waals surface area (Å²) in [7, 11) is 0. The number of rotatable bonds is 2. The number of benzene rings is 2. The quantitative estimate of drug-likeness (QED) is 0.545. The Bertz CT molecular complexity index is 544. The lowest BCUT2D eigenvalue weighted by Gasteiger charge is -2.04. The normalized spacial score (nSPS) is 9.44. The van der Waals surface area contributed by atoms with Gasteiger partial charge in [-0.3, -0.25) is 4.79 Å². The van der Waals surface area contributed by atoms with E-state index in [1.54, 1.807) is 6.07 Å². The van der Waals surface area contributed by atoms with Crippen LogP contribution in [-0.2, 0) is 0 Å². The fraction of sp³-hybridized carbons (Fsp3) is 0. The van der Waals surface area contributed by atoms with E-state index in [4.69, 9.17) is 6.42 Å². The van der Waals surface area contributed by atoms with Gasteiger partial charge in [0.2, 0.25) is 0 Å². The molecule has 0 amide bonds. The van der Waals surface area contributed by atoms with Crippen molar-refractivity contribution in [1.29, 1.82) is 0 Å². The second-order valence-electron chi connectivity index (χ2n) is 3.43. The molecule has 0 unspecified atom stereocenters. The van der Waals surface area contributed by atoms with E-state index in [9.17, 15) is 4.79 Å². The van der Waals surface area contributed by atoms with Crippen LogP contribution in [0.2, 0.25) is 0 Å². The van der Waals surface area contributed by atoms with Crippen LogP contribution in [0.1, 0.15) is 15.9 Å². The van der Waals surface area contributed by atoms with E-state index in [1.165, 1.54) is 0 Å². The number of hydrogen-bond donors (Lipinski definition) is 0. The minimum Gasteiger partial charge on any atom is -0.298 e. The lowest BCUT2D eigenvalue weighted by Crippen LogP contribution is -1.86. The van der Waals surface area contributed by atoms with Gasteiger partial charge in [0, 0.05) is 11.1 Å². The van der Waals surface area contributed by atoms with Crippen molar-refractivity contribution >= 4 is 6.29 Å². The summed E-state index contributed by atoms with van der Waals surface area (Å²) in [5.41, 5.74) is 3.46. The van der Waals surface area contributed by atoms with E-state index >= 15 is 0 Å². The average molecular weight is 206 g/mol. The average Bonchev–Trinajstić information content (AvgIpc) is 2.39. The van der Waals surface area contributed by atoms with Crippen molar-refractivity contribution in [3.05, 3.63) is 59.7 Å². The second kappa shape index (κ2) is 4.46. The Balaban J connectivity index is 2.51. The second-order valence-corrected chi connectivity index (χ2v) is 3.43. The van der Waals surface area contributed by atoms with Gasteiger partial charge in [0.05, 0.1) is 0 Å². The van der Waals surface area contributed by atoms with Crippen LogP contribution in [0.5, 0.6) is 0 Å². The van der Waals surface area contributed by atoms with Crippen molar-refractivity contribution in [2.45, 2.75) is 0 Å². The highest BCUT2D eigenvalue weighted by Gasteiger charge is 2.02. The summed E-state index contributed by atoms with van der Waals surface area (Å²) in [6, 6.07) is 15.1. The fourth-order valence-electron chi connectivity index (χ4n) is 1.61. The van der Waals surface area contributed by atoms with Gasteiger partial charge in [-0.2, -0.15) is 0 Å². The molecular weight excluding hydrogens is 196 g/mol. The molecule has 0 atom stereocenters. The van der Waals surface area contributed by atoms with Crippen LogP contribution in [0.15, 0.2) is 48.5 Å². The molecule has 0 aliphatic heterocycles. The van der Waals surface area contributed by atoms with Crippen LogP contribution < -0.4 is 0 Å². The van der Waals surface area contributed by atoms with Gasteiger partial charge in [-0.25, -0.2) is 0 Å². The number of aldehydes is 1. The van der Waals surface area contributed by atoms with Gasteiger partial charge in [-0.15, -0.1) is 6.42 Å². The smallest absolute Gasteiger partial charge is 0.150 e. The van der Waals surface area contributed by atoms with Crippen LogP contribution in [0.4, 0.5) is 0 Å². The van der Waals surface area contributed by atoms with Crippen molar-refractivity contribution in [3.8, 4) is 23.5 Å². The predicted molar refractivity (Wildman–Crippen MR) is 65.2 cm³/mol. The van der Waals surface area contributed by atoms with Crippen LogP contribution in [0.25, 0.3) is 11.1 Å². The van der Waals surface area contributed by atoms with Gasteiger partial charge < -0.3 is 0 Å². The molecule has 0 aromatic heterocycles. The van der Waals surface area contributed by atoms with E-state index in [-0.39, 0.29) is 0 Å². The highest BCUT2D eigenvalue weighted by molar-refractivity contribution is 5.87. The molecule has 0 spiro atoms. The zero-order chi connectivity index (χ0) is 11.4. The van der Waals surface area contributed by atoms with Crippen molar-refractivity contribution in [3.63, 3.8) is 0 Å². The van der Waals surface area contributed by atoms with Crippen LogP contribution in [0, 0.1) is 12.3 Å².